The lowest BCUT2D eigenvalue weighted by Crippen LogP contribution is -2.25. The van der Waals surface area contributed by atoms with Gasteiger partial charge in [-0.1, -0.05) is 5.10 Å². The number of nitro groups is 1. The van der Waals surface area contributed by atoms with Gasteiger partial charge in [-0.2, -0.15) is 8.78 Å². The van der Waals surface area contributed by atoms with E-state index in [1.807, 2.05) is 0 Å². The first kappa shape index (κ1) is 10.0. The Balaban J connectivity index is 3.25. The number of aliphatic carboxylic acids is 1. The van der Waals surface area contributed by atoms with Crippen molar-refractivity contribution in [3.63, 3.8) is 0 Å². The molecular formula is C5H3F2N3O4. The summed E-state index contributed by atoms with van der Waals surface area (Å²) in [5.74, 6) is -7.92. The van der Waals surface area contributed by atoms with Crippen LogP contribution in [0.3, 0.4) is 0 Å². The third-order valence-electron chi connectivity index (χ3n) is 1.41. The molecule has 0 saturated heterocycles. The van der Waals surface area contributed by atoms with Crippen molar-refractivity contribution in [3.05, 3.63) is 21.9 Å². The molecule has 0 fully saturated rings. The van der Waals surface area contributed by atoms with Crippen LogP contribution in [0.5, 0.6) is 0 Å². The standard InChI is InChI=1S/C5H3F2N3O4/c6-5(7,4(11)12)2-1-8-9-3(2)10(13)14/h1H,(H,8,9)(H,11,12). The van der Waals surface area contributed by atoms with Gasteiger partial charge in [0.25, 0.3) is 0 Å². The molecule has 0 atom stereocenters. The minimum absolute atomic E-state index is 0.409. The summed E-state index contributed by atoms with van der Waals surface area (Å²) < 4.78 is 25.5. The minimum Gasteiger partial charge on any atom is -0.477 e. The van der Waals surface area contributed by atoms with Gasteiger partial charge in [0.1, 0.15) is 5.56 Å². The van der Waals surface area contributed by atoms with Crippen molar-refractivity contribution >= 4 is 11.8 Å². The summed E-state index contributed by atoms with van der Waals surface area (Å²) in [4.78, 5) is 19.1. The molecule has 0 spiro atoms. The number of nitrogens with one attached hydrogen (secondary N) is 1. The molecule has 0 radical (unpaired) electrons. The first-order chi connectivity index (χ1) is 6.37. The van der Waals surface area contributed by atoms with Crippen molar-refractivity contribution in [2.75, 3.05) is 0 Å². The number of nitrogens with zero attached hydrogens (tertiary/aromatic N) is 2. The molecule has 0 amide bonds. The molecule has 14 heavy (non-hydrogen) atoms. The fraction of sp³-hybridized carbons (Fsp3) is 0.200. The SMILES string of the molecule is O=C(O)C(F)(F)c1cn[nH]c1[N+](=O)[O-]. The van der Waals surface area contributed by atoms with Crippen LogP contribution < -0.4 is 0 Å². The highest BCUT2D eigenvalue weighted by atomic mass is 19.3. The maximum absolute atomic E-state index is 12.8. The monoisotopic (exact) mass is 207 g/mol. The Kier molecular flexibility index (Phi) is 2.16. The molecule has 1 rings (SSSR count). The number of carboxylic acids is 1. The Labute approximate surface area is 74.5 Å². The van der Waals surface area contributed by atoms with Gasteiger partial charge in [-0.15, -0.1) is 5.10 Å². The van der Waals surface area contributed by atoms with Gasteiger partial charge in [0.05, 0.1) is 6.20 Å². The van der Waals surface area contributed by atoms with E-state index < -0.39 is 28.2 Å². The molecule has 0 aliphatic heterocycles. The molecule has 2 N–H and O–H groups in total. The molecule has 0 aliphatic rings. The molecule has 7 nitrogen and oxygen atoms in total. The summed E-state index contributed by atoms with van der Waals surface area (Å²) in [6.45, 7) is 0. The number of hydrogen-bond donors (Lipinski definition) is 2. The van der Waals surface area contributed by atoms with Gasteiger partial charge in [-0.3, -0.25) is 0 Å². The van der Waals surface area contributed by atoms with Crippen LogP contribution in [0.25, 0.3) is 0 Å². The maximum Gasteiger partial charge on any atom is 0.379 e. The second-order valence-electron chi connectivity index (χ2n) is 2.27. The van der Waals surface area contributed by atoms with E-state index in [1.54, 1.807) is 5.10 Å². The lowest BCUT2D eigenvalue weighted by molar-refractivity contribution is -0.391. The molecule has 0 aliphatic carbocycles. The smallest absolute Gasteiger partial charge is 0.379 e. The highest BCUT2D eigenvalue weighted by Gasteiger charge is 2.47. The zero-order valence-corrected chi connectivity index (χ0v) is 6.40. The molecular weight excluding hydrogens is 204 g/mol. The highest BCUT2D eigenvalue weighted by molar-refractivity contribution is 5.78. The maximum atomic E-state index is 12.8. The number of H-pyrrole nitrogens is 1. The minimum atomic E-state index is -4.32. The van der Waals surface area contributed by atoms with E-state index in [4.69, 9.17) is 5.11 Å². The molecule has 0 unspecified atom stereocenters. The van der Waals surface area contributed by atoms with Gasteiger partial charge >= 0.3 is 17.7 Å². The summed E-state index contributed by atoms with van der Waals surface area (Å²) in [7, 11) is 0. The third kappa shape index (κ3) is 1.39. The van der Waals surface area contributed by atoms with E-state index in [2.05, 4.69) is 5.10 Å². The van der Waals surface area contributed by atoms with E-state index in [-0.39, 0.29) is 0 Å². The summed E-state index contributed by atoms with van der Waals surface area (Å²) in [5.41, 5.74) is -1.27. The number of aromatic nitrogens is 2. The second-order valence-corrected chi connectivity index (χ2v) is 2.27. The van der Waals surface area contributed by atoms with E-state index in [1.165, 1.54) is 0 Å². The fourth-order valence-corrected chi connectivity index (χ4v) is 0.763. The quantitative estimate of drug-likeness (QED) is 0.553. The summed E-state index contributed by atoms with van der Waals surface area (Å²) in [5, 5.41) is 22.9. The molecule has 1 heterocycles. The lowest BCUT2D eigenvalue weighted by Gasteiger charge is -2.07. The molecule has 76 valence electrons. The van der Waals surface area contributed by atoms with E-state index in [0.717, 1.165) is 0 Å². The van der Waals surface area contributed by atoms with Crippen LogP contribution in [0.1, 0.15) is 5.56 Å². The van der Waals surface area contributed by atoms with Crippen LogP contribution in [-0.2, 0) is 10.7 Å². The van der Waals surface area contributed by atoms with Crippen LogP contribution in [0, 0.1) is 10.1 Å². The average molecular weight is 207 g/mol. The Morgan fingerprint density at radius 3 is 2.71 bits per heavy atom. The Hall–Kier alpha value is -2.06. The number of halogens is 2. The van der Waals surface area contributed by atoms with E-state index in [0.29, 0.717) is 6.20 Å². The van der Waals surface area contributed by atoms with Gasteiger partial charge in [0.2, 0.25) is 0 Å². The first-order valence-corrected chi connectivity index (χ1v) is 3.16. The van der Waals surface area contributed by atoms with Crippen molar-refractivity contribution in [1.29, 1.82) is 0 Å². The zero-order valence-electron chi connectivity index (χ0n) is 6.40. The molecule has 1 aromatic heterocycles. The number of hydrogen-bond acceptors (Lipinski definition) is 4. The number of alkyl halides is 2. The van der Waals surface area contributed by atoms with Crippen LogP contribution >= 0.6 is 0 Å². The molecule has 0 bridgehead atoms. The largest absolute Gasteiger partial charge is 0.477 e. The van der Waals surface area contributed by atoms with Gasteiger partial charge in [-0.25, -0.2) is 4.79 Å². The van der Waals surface area contributed by atoms with Crippen molar-refractivity contribution in [2.45, 2.75) is 5.92 Å². The number of aromatic amines is 1. The van der Waals surface area contributed by atoms with Crippen molar-refractivity contribution < 1.29 is 23.6 Å². The number of carboxylic acid groups (broad SMARTS) is 1. The third-order valence-corrected chi connectivity index (χ3v) is 1.41. The van der Waals surface area contributed by atoms with Gasteiger partial charge in [0.15, 0.2) is 0 Å². The van der Waals surface area contributed by atoms with Crippen LogP contribution in [0.2, 0.25) is 0 Å². The Morgan fingerprint density at radius 1 is 1.71 bits per heavy atom. The number of rotatable bonds is 3. The molecule has 1 aromatic rings. The second kappa shape index (κ2) is 3.01. The van der Waals surface area contributed by atoms with Crippen LogP contribution in [0.15, 0.2) is 6.20 Å². The first-order valence-electron chi connectivity index (χ1n) is 3.16. The van der Waals surface area contributed by atoms with Crippen molar-refractivity contribution in [3.8, 4) is 0 Å². The van der Waals surface area contributed by atoms with Crippen LogP contribution in [0.4, 0.5) is 14.6 Å². The van der Waals surface area contributed by atoms with E-state index in [9.17, 15) is 23.7 Å². The predicted octanol–water partition coefficient (Wildman–Crippen LogP) is 0.494. The average Bonchev–Trinajstić information content (AvgIpc) is 2.51. The van der Waals surface area contributed by atoms with Crippen LogP contribution in [-0.4, -0.2) is 26.2 Å². The predicted molar refractivity (Wildman–Crippen MR) is 36.8 cm³/mol. The zero-order chi connectivity index (χ0) is 10.9. The van der Waals surface area contributed by atoms with Gasteiger partial charge in [-0.05, 0) is 4.92 Å². The molecule has 0 saturated carbocycles. The fourth-order valence-electron chi connectivity index (χ4n) is 0.763. The number of carbonyl (C=O) groups is 1. The van der Waals surface area contributed by atoms with Crippen molar-refractivity contribution in [2.24, 2.45) is 0 Å². The lowest BCUT2D eigenvalue weighted by atomic mass is 10.2. The molecule has 9 heteroatoms. The summed E-state index contributed by atoms with van der Waals surface area (Å²) in [6, 6.07) is 0. The van der Waals surface area contributed by atoms with Gasteiger partial charge < -0.3 is 15.2 Å². The van der Waals surface area contributed by atoms with Gasteiger partial charge in [0, 0.05) is 0 Å². The normalized spacial score (nSPS) is 11.3. The van der Waals surface area contributed by atoms with E-state index >= 15 is 0 Å². The Bertz CT molecular complexity index is 388. The van der Waals surface area contributed by atoms with Crippen molar-refractivity contribution in [1.82, 2.24) is 10.2 Å². The summed E-state index contributed by atoms with van der Waals surface area (Å²) >= 11 is 0. The summed E-state index contributed by atoms with van der Waals surface area (Å²) in [6.07, 6.45) is 0.409. The Morgan fingerprint density at radius 2 is 2.29 bits per heavy atom. The molecule has 0 aromatic carbocycles. The highest BCUT2D eigenvalue weighted by Crippen LogP contribution is 2.33. The topological polar surface area (TPSA) is 109 Å².